The number of aliphatic carboxylic acids is 1. The van der Waals surface area contributed by atoms with Crippen LogP contribution in [0.1, 0.15) is 52.9 Å². The van der Waals surface area contributed by atoms with E-state index in [1.165, 1.54) is 0 Å². The van der Waals surface area contributed by atoms with Crippen LogP contribution in [0.4, 0.5) is 4.79 Å². The van der Waals surface area contributed by atoms with Gasteiger partial charge >= 0.3 is 12.1 Å². The Balaban J connectivity index is 4.06. The van der Waals surface area contributed by atoms with Gasteiger partial charge in [-0.3, -0.25) is 4.79 Å². The van der Waals surface area contributed by atoms with Gasteiger partial charge in [0.15, 0.2) is 0 Å². The smallest absolute Gasteiger partial charge is 0.408 e. The number of ether oxygens (including phenoxy) is 1. The van der Waals surface area contributed by atoms with Gasteiger partial charge < -0.3 is 15.2 Å². The first-order valence-electron chi connectivity index (χ1n) is 7.40. The molecule has 0 aromatic carbocycles. The summed E-state index contributed by atoms with van der Waals surface area (Å²) < 4.78 is 5.02. The molecule has 1 atom stereocenters. The molecular weight excluding hydrogens is 304 g/mol. The van der Waals surface area contributed by atoms with Gasteiger partial charge in [0.2, 0.25) is 0 Å². The number of carboxylic acid groups (broad SMARTS) is 1. The van der Waals surface area contributed by atoms with Gasteiger partial charge in [-0.2, -0.15) is 0 Å². The number of alkyl carbamates (subject to hydrolysis) is 1. The highest BCUT2D eigenvalue weighted by atomic mass is 16.6. The van der Waals surface area contributed by atoms with Crippen molar-refractivity contribution in [1.82, 2.24) is 5.32 Å². The van der Waals surface area contributed by atoms with E-state index in [0.29, 0.717) is 19.3 Å². The Kier molecular flexibility index (Phi) is 9.41. The van der Waals surface area contributed by atoms with Gasteiger partial charge in [0.1, 0.15) is 17.4 Å². The summed E-state index contributed by atoms with van der Waals surface area (Å²) >= 11 is 0. The van der Waals surface area contributed by atoms with Gasteiger partial charge in [-0.1, -0.05) is 18.0 Å². The molecular formula is C14H24N4O5. The predicted molar refractivity (Wildman–Crippen MR) is 82.9 cm³/mol. The number of hydrogen-bond donors (Lipinski definition) is 2. The molecule has 0 aromatic heterocycles. The number of nitrogens with zero attached hydrogens (tertiary/aromatic N) is 3. The normalized spacial score (nSPS) is 12.0. The molecule has 23 heavy (non-hydrogen) atoms. The molecule has 0 rings (SSSR count). The minimum absolute atomic E-state index is 0.149. The molecule has 9 nitrogen and oxygen atoms in total. The molecule has 0 aliphatic carbocycles. The summed E-state index contributed by atoms with van der Waals surface area (Å²) in [7, 11) is 0. The molecule has 0 saturated carbocycles. The lowest BCUT2D eigenvalue weighted by Crippen LogP contribution is -2.43. The van der Waals surface area contributed by atoms with E-state index in [-0.39, 0.29) is 25.2 Å². The molecule has 0 spiro atoms. The fourth-order valence-corrected chi connectivity index (χ4v) is 1.74. The molecule has 0 saturated heterocycles. The highest BCUT2D eigenvalue weighted by Gasteiger charge is 2.23. The first kappa shape index (κ1) is 20.7. The summed E-state index contributed by atoms with van der Waals surface area (Å²) in [5, 5.41) is 14.6. The van der Waals surface area contributed by atoms with Crippen LogP contribution in [0.2, 0.25) is 0 Å². The largest absolute Gasteiger partial charge is 0.480 e. The van der Waals surface area contributed by atoms with Crippen LogP contribution < -0.4 is 5.32 Å². The lowest BCUT2D eigenvalue weighted by Gasteiger charge is -2.22. The average molecular weight is 328 g/mol. The molecule has 0 unspecified atom stereocenters. The minimum Gasteiger partial charge on any atom is -0.480 e. The maximum Gasteiger partial charge on any atom is 0.408 e. The summed E-state index contributed by atoms with van der Waals surface area (Å²) in [5.74, 6) is -1.28. The number of carboxylic acids is 1. The maximum absolute atomic E-state index is 11.6. The van der Waals surface area contributed by atoms with Crippen LogP contribution in [-0.2, 0) is 14.3 Å². The molecule has 0 aliphatic heterocycles. The van der Waals surface area contributed by atoms with Crippen LogP contribution in [0.5, 0.6) is 0 Å². The van der Waals surface area contributed by atoms with Crippen molar-refractivity contribution in [3.8, 4) is 0 Å². The van der Waals surface area contributed by atoms with E-state index >= 15 is 0 Å². The third-order valence-corrected chi connectivity index (χ3v) is 2.75. The summed E-state index contributed by atoms with van der Waals surface area (Å²) in [6.07, 6.45) is 1.53. The molecule has 0 radical (unpaired) electrons. The molecule has 130 valence electrons. The lowest BCUT2D eigenvalue weighted by atomic mass is 10.1. The van der Waals surface area contributed by atoms with Crippen molar-refractivity contribution in [2.75, 3.05) is 6.54 Å². The van der Waals surface area contributed by atoms with Crippen molar-refractivity contribution in [3.63, 3.8) is 0 Å². The quantitative estimate of drug-likeness (QED) is 0.274. The van der Waals surface area contributed by atoms with E-state index in [2.05, 4.69) is 15.3 Å². The number of azide groups is 1. The molecule has 2 N–H and O–H groups in total. The Labute approximate surface area is 135 Å². The Morgan fingerprint density at radius 2 is 1.91 bits per heavy atom. The summed E-state index contributed by atoms with van der Waals surface area (Å²) in [4.78, 5) is 36.4. The Bertz CT molecular complexity index is 466. The number of Topliss-reactive ketones (excluding diaryl/α,β-unsaturated/α-hetero) is 1. The third-order valence-electron chi connectivity index (χ3n) is 2.75. The standard InChI is InChI=1S/C14H24N4O5/c1-14(2,3)23-13(22)17-11(12(20)21)8-6-4-5-7-10(19)9-16-18-15/h11H,4-9H2,1-3H3,(H,17,22)(H,20,21)/t11-/m0/s1. The third kappa shape index (κ3) is 12.0. The number of ketones is 1. The van der Waals surface area contributed by atoms with Gasteiger partial charge in [-0.15, -0.1) is 0 Å². The van der Waals surface area contributed by atoms with Gasteiger partial charge in [-0.25, -0.2) is 9.59 Å². The van der Waals surface area contributed by atoms with Gasteiger partial charge in [0.05, 0.1) is 6.54 Å². The van der Waals surface area contributed by atoms with Crippen molar-refractivity contribution >= 4 is 17.8 Å². The van der Waals surface area contributed by atoms with Crippen LogP contribution in [0.25, 0.3) is 10.4 Å². The van der Waals surface area contributed by atoms with Gasteiger partial charge in [-0.05, 0) is 39.1 Å². The summed E-state index contributed by atoms with van der Waals surface area (Å²) in [6.45, 7) is 4.91. The number of nitrogens with one attached hydrogen (secondary N) is 1. The van der Waals surface area contributed by atoms with Crippen LogP contribution in [0, 0.1) is 0 Å². The average Bonchev–Trinajstić information content (AvgIpc) is 2.41. The summed E-state index contributed by atoms with van der Waals surface area (Å²) in [5.41, 5.74) is 7.39. The Morgan fingerprint density at radius 1 is 1.26 bits per heavy atom. The van der Waals surface area contributed by atoms with Crippen molar-refractivity contribution < 1.29 is 24.2 Å². The number of unbranched alkanes of at least 4 members (excludes halogenated alkanes) is 2. The van der Waals surface area contributed by atoms with E-state index in [4.69, 9.17) is 15.4 Å². The van der Waals surface area contributed by atoms with Crippen LogP contribution in [-0.4, -0.2) is 41.1 Å². The van der Waals surface area contributed by atoms with Gasteiger partial charge in [0, 0.05) is 11.3 Å². The molecule has 0 heterocycles. The first-order valence-corrected chi connectivity index (χ1v) is 7.40. The fraction of sp³-hybridized carbons (Fsp3) is 0.786. The SMILES string of the molecule is CC(C)(C)OC(=O)N[C@@H](CCCCCC(=O)CN=[N+]=[N-])C(=O)O. The molecule has 0 aromatic rings. The number of carbonyl (C=O) groups excluding carboxylic acids is 2. The highest BCUT2D eigenvalue weighted by molar-refractivity contribution is 5.80. The van der Waals surface area contributed by atoms with Crippen molar-refractivity contribution in [2.45, 2.75) is 64.5 Å². The van der Waals surface area contributed by atoms with Crippen molar-refractivity contribution in [1.29, 1.82) is 0 Å². The van der Waals surface area contributed by atoms with Crippen LogP contribution in [0.15, 0.2) is 5.11 Å². The first-order chi connectivity index (χ1) is 10.7. The fourth-order valence-electron chi connectivity index (χ4n) is 1.74. The molecule has 0 aliphatic rings. The van der Waals surface area contributed by atoms with E-state index in [1.807, 2.05) is 0 Å². The highest BCUT2D eigenvalue weighted by Crippen LogP contribution is 2.10. The molecule has 1 amide bonds. The van der Waals surface area contributed by atoms with Crippen LogP contribution in [0.3, 0.4) is 0 Å². The zero-order valence-corrected chi connectivity index (χ0v) is 13.7. The minimum atomic E-state index is -1.13. The van der Waals surface area contributed by atoms with E-state index in [0.717, 1.165) is 0 Å². The van der Waals surface area contributed by atoms with Crippen LogP contribution >= 0.6 is 0 Å². The van der Waals surface area contributed by atoms with E-state index in [9.17, 15) is 14.4 Å². The number of rotatable bonds is 10. The lowest BCUT2D eigenvalue weighted by molar-refractivity contribution is -0.139. The Morgan fingerprint density at radius 3 is 2.43 bits per heavy atom. The number of carbonyl (C=O) groups is 3. The molecule has 9 heteroatoms. The van der Waals surface area contributed by atoms with E-state index in [1.54, 1.807) is 20.8 Å². The zero-order valence-electron chi connectivity index (χ0n) is 13.7. The molecule has 0 fully saturated rings. The second-order valence-electron chi connectivity index (χ2n) is 6.06. The zero-order chi connectivity index (χ0) is 17.9. The Hall–Kier alpha value is -2.28. The van der Waals surface area contributed by atoms with Crippen molar-refractivity contribution in [2.24, 2.45) is 5.11 Å². The number of hydrogen-bond acceptors (Lipinski definition) is 5. The van der Waals surface area contributed by atoms with E-state index < -0.39 is 23.7 Å². The topological polar surface area (TPSA) is 141 Å². The molecule has 0 bridgehead atoms. The summed E-state index contributed by atoms with van der Waals surface area (Å²) in [6, 6.07) is -1.02. The second kappa shape index (κ2) is 10.4. The number of amides is 1. The predicted octanol–water partition coefficient (Wildman–Crippen LogP) is 2.79. The van der Waals surface area contributed by atoms with Gasteiger partial charge in [0.25, 0.3) is 0 Å². The maximum atomic E-state index is 11.6. The van der Waals surface area contributed by atoms with Crippen molar-refractivity contribution in [3.05, 3.63) is 10.4 Å². The second-order valence-corrected chi connectivity index (χ2v) is 6.06. The monoisotopic (exact) mass is 328 g/mol.